The smallest absolute Gasteiger partial charge is 0.0802 e. The van der Waals surface area contributed by atoms with Crippen molar-refractivity contribution < 1.29 is 5.11 Å². The monoisotopic (exact) mass is 278 g/mol. The van der Waals surface area contributed by atoms with E-state index < -0.39 is 0 Å². The summed E-state index contributed by atoms with van der Waals surface area (Å²) in [6.07, 6.45) is 0.317. The minimum absolute atomic E-state index is 0.200. The third-order valence-electron chi connectivity index (χ3n) is 3.54. The highest BCUT2D eigenvalue weighted by atomic mass is 35.5. The third kappa shape index (κ3) is 1.93. The first-order valence-electron chi connectivity index (χ1n) is 5.88. The van der Waals surface area contributed by atoms with Gasteiger partial charge in [0.25, 0.3) is 0 Å². The second-order valence-electron chi connectivity index (χ2n) is 4.61. The predicted molar refractivity (Wildman–Crippen MR) is 74.3 cm³/mol. The number of halogens is 2. The van der Waals surface area contributed by atoms with Crippen molar-refractivity contribution >= 4 is 23.2 Å². The van der Waals surface area contributed by atoms with Crippen LogP contribution in [0.2, 0.25) is 10.0 Å². The van der Waals surface area contributed by atoms with Crippen LogP contribution in [-0.2, 0) is 0 Å². The van der Waals surface area contributed by atoms with Gasteiger partial charge in [-0.05, 0) is 35.2 Å². The van der Waals surface area contributed by atoms with Crippen LogP contribution < -0.4 is 0 Å². The quantitative estimate of drug-likeness (QED) is 0.811. The number of benzene rings is 2. The van der Waals surface area contributed by atoms with E-state index in [-0.39, 0.29) is 12.0 Å². The van der Waals surface area contributed by atoms with Crippen molar-refractivity contribution in [2.24, 2.45) is 0 Å². The normalized spacial score (nSPS) is 21.9. The van der Waals surface area contributed by atoms with Crippen molar-refractivity contribution in [1.82, 2.24) is 0 Å². The van der Waals surface area contributed by atoms with Crippen LogP contribution in [0.5, 0.6) is 0 Å². The second-order valence-corrected chi connectivity index (χ2v) is 5.42. The van der Waals surface area contributed by atoms with E-state index in [1.807, 2.05) is 36.4 Å². The first-order valence-corrected chi connectivity index (χ1v) is 6.64. The maximum atomic E-state index is 10.1. The van der Waals surface area contributed by atoms with Crippen molar-refractivity contribution in [1.29, 1.82) is 0 Å². The van der Waals surface area contributed by atoms with Crippen LogP contribution in [0, 0.1) is 0 Å². The maximum Gasteiger partial charge on any atom is 0.0802 e. The molecule has 0 radical (unpaired) electrons. The van der Waals surface area contributed by atoms with Gasteiger partial charge >= 0.3 is 0 Å². The Balaban J connectivity index is 2.06. The van der Waals surface area contributed by atoms with E-state index in [1.54, 1.807) is 0 Å². The van der Waals surface area contributed by atoms with Gasteiger partial charge in [-0.1, -0.05) is 53.5 Å². The molecule has 18 heavy (non-hydrogen) atoms. The molecule has 0 aromatic heterocycles. The first-order chi connectivity index (χ1) is 8.66. The molecule has 2 aromatic rings. The van der Waals surface area contributed by atoms with Gasteiger partial charge in [0, 0.05) is 5.92 Å². The molecule has 2 aromatic carbocycles. The Morgan fingerprint density at radius 1 is 0.944 bits per heavy atom. The summed E-state index contributed by atoms with van der Waals surface area (Å²) in [7, 11) is 0. The van der Waals surface area contributed by atoms with Crippen LogP contribution in [0.3, 0.4) is 0 Å². The predicted octanol–water partition coefficient (Wildman–Crippen LogP) is 4.56. The topological polar surface area (TPSA) is 20.2 Å². The molecule has 92 valence electrons. The lowest BCUT2D eigenvalue weighted by atomic mass is 9.93. The summed E-state index contributed by atoms with van der Waals surface area (Å²) in [5.74, 6) is 0.200. The van der Waals surface area contributed by atoms with E-state index in [0.717, 1.165) is 11.1 Å². The molecule has 0 saturated heterocycles. The van der Waals surface area contributed by atoms with Gasteiger partial charge in [-0.25, -0.2) is 0 Å². The lowest BCUT2D eigenvalue weighted by molar-refractivity contribution is 0.176. The van der Waals surface area contributed by atoms with Crippen molar-refractivity contribution in [3.63, 3.8) is 0 Å². The van der Waals surface area contributed by atoms with E-state index in [9.17, 15) is 5.11 Å². The summed E-state index contributed by atoms with van der Waals surface area (Å²) in [4.78, 5) is 0. The van der Waals surface area contributed by atoms with Crippen LogP contribution in [0.15, 0.2) is 42.5 Å². The molecular formula is C15H12Cl2O. The fourth-order valence-corrected chi connectivity index (χ4v) is 2.96. The molecule has 0 heterocycles. The highest BCUT2D eigenvalue weighted by molar-refractivity contribution is 6.42. The van der Waals surface area contributed by atoms with E-state index in [1.165, 1.54) is 5.56 Å². The molecule has 0 bridgehead atoms. The molecule has 3 rings (SSSR count). The molecule has 1 aliphatic carbocycles. The number of hydrogen-bond acceptors (Lipinski definition) is 1. The van der Waals surface area contributed by atoms with E-state index >= 15 is 0 Å². The number of aliphatic hydroxyl groups is 1. The van der Waals surface area contributed by atoms with Crippen molar-refractivity contribution in [3.8, 4) is 0 Å². The number of aliphatic hydroxyl groups excluding tert-OH is 1. The number of hydrogen-bond donors (Lipinski definition) is 1. The van der Waals surface area contributed by atoms with Crippen molar-refractivity contribution in [2.45, 2.75) is 18.4 Å². The van der Waals surface area contributed by atoms with Crippen LogP contribution >= 0.6 is 23.2 Å². The minimum atomic E-state index is -0.388. The largest absolute Gasteiger partial charge is 0.388 e. The molecule has 0 spiro atoms. The van der Waals surface area contributed by atoms with Gasteiger partial charge in [-0.3, -0.25) is 0 Å². The van der Waals surface area contributed by atoms with Gasteiger partial charge in [0.15, 0.2) is 0 Å². The summed E-state index contributed by atoms with van der Waals surface area (Å²) < 4.78 is 0. The highest BCUT2D eigenvalue weighted by Gasteiger charge is 2.30. The van der Waals surface area contributed by atoms with Crippen LogP contribution in [0.1, 0.15) is 35.1 Å². The Hall–Kier alpha value is -1.02. The highest BCUT2D eigenvalue weighted by Crippen LogP contribution is 2.44. The molecule has 3 heteroatoms. The van der Waals surface area contributed by atoms with Gasteiger partial charge in [0.2, 0.25) is 0 Å². The number of fused-ring (bicyclic) bond motifs is 1. The van der Waals surface area contributed by atoms with Crippen LogP contribution in [0.4, 0.5) is 0 Å². The average Bonchev–Trinajstić information content (AvgIpc) is 2.71. The van der Waals surface area contributed by atoms with E-state index in [2.05, 4.69) is 6.07 Å². The fourth-order valence-electron chi connectivity index (χ4n) is 2.65. The number of rotatable bonds is 1. The Kier molecular flexibility index (Phi) is 3.06. The molecule has 0 amide bonds. The maximum absolute atomic E-state index is 10.1. The summed E-state index contributed by atoms with van der Waals surface area (Å²) >= 11 is 12.0. The Morgan fingerprint density at radius 2 is 1.67 bits per heavy atom. The molecule has 1 N–H and O–H groups in total. The third-order valence-corrected chi connectivity index (χ3v) is 4.27. The zero-order valence-corrected chi connectivity index (χ0v) is 11.1. The lowest BCUT2D eigenvalue weighted by Crippen LogP contribution is -1.96. The molecule has 2 atom stereocenters. The average molecular weight is 279 g/mol. The zero-order chi connectivity index (χ0) is 12.7. The van der Waals surface area contributed by atoms with Crippen LogP contribution in [0.25, 0.3) is 0 Å². The summed E-state index contributed by atoms with van der Waals surface area (Å²) in [6, 6.07) is 13.7. The van der Waals surface area contributed by atoms with E-state index in [0.29, 0.717) is 16.5 Å². The molecule has 0 saturated carbocycles. The van der Waals surface area contributed by atoms with Crippen molar-refractivity contribution in [2.75, 3.05) is 0 Å². The first kappa shape index (κ1) is 12.0. The minimum Gasteiger partial charge on any atom is -0.388 e. The second kappa shape index (κ2) is 4.58. The molecule has 1 nitrogen and oxygen atoms in total. The van der Waals surface area contributed by atoms with Gasteiger partial charge in [0.05, 0.1) is 16.1 Å². The lowest BCUT2D eigenvalue weighted by Gasteiger charge is -2.12. The summed E-state index contributed by atoms with van der Waals surface area (Å²) in [6.45, 7) is 0. The standard InChI is InChI=1S/C15H12Cl2O/c16-13-6-5-9(7-14(13)17)12-8-15(18)11-4-2-1-3-10(11)12/h1-7,12,15,18H,8H2/t12-,15+/m1/s1. The molecule has 0 unspecified atom stereocenters. The molecule has 1 aliphatic rings. The van der Waals surface area contributed by atoms with E-state index in [4.69, 9.17) is 23.2 Å². The Morgan fingerprint density at radius 3 is 2.39 bits per heavy atom. The van der Waals surface area contributed by atoms with Gasteiger partial charge < -0.3 is 5.11 Å². The van der Waals surface area contributed by atoms with Crippen molar-refractivity contribution in [3.05, 3.63) is 69.2 Å². The molecular weight excluding hydrogens is 267 g/mol. The Labute approximate surface area is 116 Å². The molecule has 0 aliphatic heterocycles. The van der Waals surface area contributed by atoms with Gasteiger partial charge in [-0.15, -0.1) is 0 Å². The van der Waals surface area contributed by atoms with Gasteiger partial charge in [-0.2, -0.15) is 0 Å². The summed E-state index contributed by atoms with van der Waals surface area (Å²) in [5, 5.41) is 11.2. The Bertz CT molecular complexity index is 595. The van der Waals surface area contributed by atoms with Crippen LogP contribution in [-0.4, -0.2) is 5.11 Å². The SMILES string of the molecule is O[C@H]1C[C@H](c2ccc(Cl)c(Cl)c2)c2ccccc21. The molecule has 0 fully saturated rings. The van der Waals surface area contributed by atoms with Gasteiger partial charge in [0.1, 0.15) is 0 Å². The zero-order valence-electron chi connectivity index (χ0n) is 9.61. The summed E-state index contributed by atoms with van der Waals surface area (Å²) in [5.41, 5.74) is 3.31. The fraction of sp³-hybridized carbons (Fsp3) is 0.200.